The predicted molar refractivity (Wildman–Crippen MR) is 118 cm³/mol. The topological polar surface area (TPSA) is 97.4 Å². The van der Waals surface area contributed by atoms with E-state index in [4.69, 9.17) is 0 Å². The first-order chi connectivity index (χ1) is 14.5. The molecule has 1 amide bonds. The average Bonchev–Trinajstić information content (AvgIpc) is 2.73. The highest BCUT2D eigenvalue weighted by atomic mass is 16.2. The first-order valence-electron chi connectivity index (χ1n) is 11.7. The van der Waals surface area contributed by atoms with E-state index in [-0.39, 0.29) is 25.0 Å². The van der Waals surface area contributed by atoms with Crippen molar-refractivity contribution < 1.29 is 24.0 Å². The van der Waals surface area contributed by atoms with Crippen molar-refractivity contribution in [2.75, 3.05) is 0 Å². The second-order valence-electron chi connectivity index (χ2n) is 8.23. The Kier molecular flexibility index (Phi) is 19.2. The molecule has 0 radical (unpaired) electrons. The van der Waals surface area contributed by atoms with Gasteiger partial charge < -0.3 is 14.9 Å². The number of nitrogens with one attached hydrogen (secondary N) is 1. The number of aldehydes is 2. The van der Waals surface area contributed by atoms with Gasteiger partial charge in [-0.25, -0.2) is 0 Å². The fourth-order valence-electron chi connectivity index (χ4n) is 3.41. The van der Waals surface area contributed by atoms with Gasteiger partial charge in [0.2, 0.25) is 5.91 Å². The van der Waals surface area contributed by atoms with Crippen LogP contribution in [0.4, 0.5) is 0 Å². The van der Waals surface area contributed by atoms with Gasteiger partial charge in [-0.1, -0.05) is 70.6 Å². The molecular formula is C24H41NO5. The van der Waals surface area contributed by atoms with Gasteiger partial charge in [-0.2, -0.15) is 0 Å². The van der Waals surface area contributed by atoms with Gasteiger partial charge in [0.05, 0.1) is 6.04 Å². The highest BCUT2D eigenvalue weighted by Gasteiger charge is 2.12. The number of unbranched alkanes of at least 4 members (excludes halogenated alkanes) is 12. The van der Waals surface area contributed by atoms with Crippen LogP contribution < -0.4 is 5.32 Å². The van der Waals surface area contributed by atoms with E-state index >= 15 is 0 Å². The number of hydrogen-bond acceptors (Lipinski definition) is 5. The van der Waals surface area contributed by atoms with Gasteiger partial charge in [-0.3, -0.25) is 14.4 Å². The summed E-state index contributed by atoms with van der Waals surface area (Å²) in [6, 6.07) is -0.693. The molecular weight excluding hydrogens is 382 g/mol. The van der Waals surface area contributed by atoms with Crippen molar-refractivity contribution in [3.05, 3.63) is 0 Å². The molecule has 0 saturated carbocycles. The van der Waals surface area contributed by atoms with E-state index in [1.165, 1.54) is 57.8 Å². The Balaban J connectivity index is 3.41. The zero-order chi connectivity index (χ0) is 22.5. The lowest BCUT2D eigenvalue weighted by Crippen LogP contribution is -2.36. The molecule has 0 aliphatic heterocycles. The van der Waals surface area contributed by atoms with Crippen LogP contribution in [0.15, 0.2) is 0 Å². The van der Waals surface area contributed by atoms with Gasteiger partial charge in [0.15, 0.2) is 12.1 Å². The summed E-state index contributed by atoms with van der Waals surface area (Å²) >= 11 is 0. The zero-order valence-corrected chi connectivity index (χ0v) is 18.8. The van der Waals surface area contributed by atoms with Crippen LogP contribution >= 0.6 is 0 Å². The predicted octanol–water partition coefficient (Wildman–Crippen LogP) is 4.66. The molecule has 30 heavy (non-hydrogen) atoms. The minimum atomic E-state index is -0.693. The van der Waals surface area contributed by atoms with E-state index in [1.54, 1.807) is 6.92 Å². The van der Waals surface area contributed by atoms with Crippen LogP contribution in [0.1, 0.15) is 116 Å². The Bertz CT molecular complexity index is 504. The van der Waals surface area contributed by atoms with E-state index in [2.05, 4.69) is 5.32 Å². The maximum absolute atomic E-state index is 11.8. The van der Waals surface area contributed by atoms with E-state index in [0.29, 0.717) is 18.5 Å². The van der Waals surface area contributed by atoms with Gasteiger partial charge >= 0.3 is 0 Å². The molecule has 0 rings (SSSR count). The minimum absolute atomic E-state index is 0.0195. The Hall–Kier alpha value is -1.85. The second-order valence-corrected chi connectivity index (χ2v) is 8.23. The summed E-state index contributed by atoms with van der Waals surface area (Å²) in [5.74, 6) is -0.435. The molecule has 0 aromatic heterocycles. The molecule has 6 heteroatoms. The first-order valence-corrected chi connectivity index (χ1v) is 11.7. The molecule has 1 unspecified atom stereocenters. The number of carbonyl (C=O) groups is 5. The summed E-state index contributed by atoms with van der Waals surface area (Å²) in [4.78, 5) is 54.8. The van der Waals surface area contributed by atoms with Crippen LogP contribution in [-0.4, -0.2) is 36.1 Å². The summed E-state index contributed by atoms with van der Waals surface area (Å²) in [6.45, 7) is 1.66. The molecule has 6 nitrogen and oxygen atoms in total. The molecule has 0 aliphatic rings. The van der Waals surface area contributed by atoms with Crippen molar-refractivity contribution in [1.82, 2.24) is 5.32 Å². The van der Waals surface area contributed by atoms with Crippen molar-refractivity contribution in [2.24, 2.45) is 0 Å². The molecule has 0 aromatic rings. The number of Topliss-reactive ketones (excluding diaryl/α,β-unsaturated/α-hetero) is 2. The van der Waals surface area contributed by atoms with E-state index in [1.807, 2.05) is 0 Å². The average molecular weight is 424 g/mol. The number of rotatable bonds is 22. The molecule has 172 valence electrons. The fourth-order valence-corrected chi connectivity index (χ4v) is 3.41. The second kappa shape index (κ2) is 20.4. The largest absolute Gasteiger partial charge is 0.347 e. The standard InChI is InChI=1S/C24H41NO5/c1-21(28)15-13-11-9-7-5-3-2-4-6-8-10-12-14-16-24(30)25-22(19-26)17-18-23(29)20-27/h19-20,22H,2-18H2,1H3,(H,25,30). The Labute approximate surface area is 181 Å². The smallest absolute Gasteiger partial charge is 0.220 e. The van der Waals surface area contributed by atoms with Crippen molar-refractivity contribution in [2.45, 2.75) is 122 Å². The number of amides is 1. The molecule has 0 aromatic carbocycles. The maximum Gasteiger partial charge on any atom is 0.220 e. The van der Waals surface area contributed by atoms with Crippen LogP contribution in [0.5, 0.6) is 0 Å². The third-order valence-electron chi connectivity index (χ3n) is 5.28. The van der Waals surface area contributed by atoms with Gasteiger partial charge in [-0.05, 0) is 26.2 Å². The maximum atomic E-state index is 11.8. The van der Waals surface area contributed by atoms with E-state index < -0.39 is 11.8 Å². The van der Waals surface area contributed by atoms with Crippen molar-refractivity contribution in [3.8, 4) is 0 Å². The summed E-state index contributed by atoms with van der Waals surface area (Å²) in [7, 11) is 0. The van der Waals surface area contributed by atoms with Gasteiger partial charge in [-0.15, -0.1) is 0 Å². The van der Waals surface area contributed by atoms with Crippen molar-refractivity contribution >= 4 is 30.0 Å². The third-order valence-corrected chi connectivity index (χ3v) is 5.28. The third kappa shape index (κ3) is 19.5. The highest BCUT2D eigenvalue weighted by Crippen LogP contribution is 2.13. The van der Waals surface area contributed by atoms with Crippen molar-refractivity contribution in [1.29, 1.82) is 0 Å². The Morgan fingerprint density at radius 3 is 1.50 bits per heavy atom. The molecule has 0 heterocycles. The first kappa shape index (κ1) is 28.1. The number of ketones is 2. The Morgan fingerprint density at radius 2 is 1.10 bits per heavy atom. The number of hydrogen-bond donors (Lipinski definition) is 1. The van der Waals surface area contributed by atoms with Gasteiger partial charge in [0.1, 0.15) is 12.1 Å². The lowest BCUT2D eigenvalue weighted by atomic mass is 10.0. The molecule has 0 aliphatic carbocycles. The van der Waals surface area contributed by atoms with Crippen LogP contribution in [0, 0.1) is 0 Å². The molecule has 0 fully saturated rings. The minimum Gasteiger partial charge on any atom is -0.347 e. The number of carbonyl (C=O) groups excluding carboxylic acids is 5. The summed E-state index contributed by atoms with van der Waals surface area (Å²) < 4.78 is 0. The SMILES string of the molecule is CC(=O)CCCCCCCCCCCCCCCC(=O)NC(C=O)CCC(=O)C=O. The fraction of sp³-hybridized carbons (Fsp3) is 0.792. The van der Waals surface area contributed by atoms with Crippen LogP contribution in [0.2, 0.25) is 0 Å². The molecule has 1 N–H and O–H groups in total. The van der Waals surface area contributed by atoms with Gasteiger partial charge in [0, 0.05) is 19.3 Å². The van der Waals surface area contributed by atoms with Gasteiger partial charge in [0.25, 0.3) is 0 Å². The normalized spacial score (nSPS) is 11.6. The summed E-state index contributed by atoms with van der Waals surface area (Å²) in [6.07, 6.45) is 17.4. The molecule has 0 bridgehead atoms. The summed E-state index contributed by atoms with van der Waals surface area (Å²) in [5.41, 5.74) is 0. The highest BCUT2D eigenvalue weighted by molar-refractivity contribution is 6.24. The zero-order valence-electron chi connectivity index (χ0n) is 18.8. The Morgan fingerprint density at radius 1 is 0.667 bits per heavy atom. The quantitative estimate of drug-likeness (QED) is 0.155. The van der Waals surface area contributed by atoms with Crippen molar-refractivity contribution in [3.63, 3.8) is 0 Å². The van der Waals surface area contributed by atoms with Crippen LogP contribution in [0.25, 0.3) is 0 Å². The van der Waals surface area contributed by atoms with E-state index in [0.717, 1.165) is 32.1 Å². The summed E-state index contributed by atoms with van der Waals surface area (Å²) in [5, 5.41) is 2.61. The monoisotopic (exact) mass is 423 g/mol. The van der Waals surface area contributed by atoms with Crippen LogP contribution in [0.3, 0.4) is 0 Å². The molecule has 1 atom stereocenters. The molecule has 0 spiro atoms. The lowest BCUT2D eigenvalue weighted by molar-refractivity contribution is -0.130. The molecule has 0 saturated heterocycles. The van der Waals surface area contributed by atoms with E-state index in [9.17, 15) is 24.0 Å². The lowest BCUT2D eigenvalue weighted by Gasteiger charge is -2.11. The van der Waals surface area contributed by atoms with Crippen LogP contribution in [-0.2, 0) is 24.0 Å².